The summed E-state index contributed by atoms with van der Waals surface area (Å²) in [5, 5.41) is 0. The third-order valence-electron chi connectivity index (χ3n) is 1.81. The number of carbonyl (C=O) groups excluding carboxylic acids is 1. The monoisotopic (exact) mass is 226 g/mol. The maximum Gasteiger partial charge on any atom is 0.163 e. The number of carbonyl (C=O) groups is 1. The Balaban J connectivity index is 3.16. The summed E-state index contributed by atoms with van der Waals surface area (Å²) < 4.78 is 0.928. The average molecular weight is 227 g/mol. The van der Waals surface area contributed by atoms with Gasteiger partial charge in [-0.25, -0.2) is 0 Å². The van der Waals surface area contributed by atoms with Crippen molar-refractivity contribution in [1.82, 2.24) is 0 Å². The molecular weight excluding hydrogens is 216 g/mol. The summed E-state index contributed by atoms with van der Waals surface area (Å²) in [4.78, 5) is 11.4. The quantitative estimate of drug-likeness (QED) is 0.708. The molecule has 1 aromatic rings. The van der Waals surface area contributed by atoms with E-state index in [1.165, 1.54) is 0 Å². The van der Waals surface area contributed by atoms with Crippen LogP contribution in [0.15, 0.2) is 22.7 Å². The SMILES string of the molecule is CCC(=O)c1cccc(C)c1Br. The number of Topliss-reactive ketones (excluding diaryl/α,β-unsaturated/α-hetero) is 1. The summed E-state index contributed by atoms with van der Waals surface area (Å²) in [6.45, 7) is 3.85. The van der Waals surface area contributed by atoms with Crippen LogP contribution in [0.5, 0.6) is 0 Å². The number of hydrogen-bond donors (Lipinski definition) is 0. The summed E-state index contributed by atoms with van der Waals surface area (Å²) in [6.07, 6.45) is 0.558. The molecule has 0 aliphatic heterocycles. The molecule has 0 unspecified atom stereocenters. The van der Waals surface area contributed by atoms with Gasteiger partial charge in [-0.2, -0.15) is 0 Å². The van der Waals surface area contributed by atoms with Gasteiger partial charge in [0.2, 0.25) is 0 Å². The molecule has 0 N–H and O–H groups in total. The number of hydrogen-bond acceptors (Lipinski definition) is 1. The van der Waals surface area contributed by atoms with Gasteiger partial charge in [0.05, 0.1) is 0 Å². The van der Waals surface area contributed by atoms with Crippen molar-refractivity contribution in [2.24, 2.45) is 0 Å². The highest BCUT2D eigenvalue weighted by molar-refractivity contribution is 9.10. The third kappa shape index (κ3) is 1.75. The lowest BCUT2D eigenvalue weighted by Gasteiger charge is -2.03. The highest BCUT2D eigenvalue weighted by atomic mass is 79.9. The van der Waals surface area contributed by atoms with Gasteiger partial charge in [0, 0.05) is 16.5 Å². The normalized spacial score (nSPS) is 9.92. The van der Waals surface area contributed by atoms with Gasteiger partial charge < -0.3 is 0 Å². The van der Waals surface area contributed by atoms with Crippen LogP contribution in [-0.4, -0.2) is 5.78 Å². The lowest BCUT2D eigenvalue weighted by Crippen LogP contribution is -1.98. The van der Waals surface area contributed by atoms with E-state index in [4.69, 9.17) is 0 Å². The Morgan fingerprint density at radius 2 is 2.17 bits per heavy atom. The summed E-state index contributed by atoms with van der Waals surface area (Å²) in [7, 11) is 0. The predicted molar refractivity (Wildman–Crippen MR) is 53.5 cm³/mol. The van der Waals surface area contributed by atoms with Gasteiger partial charge in [0.25, 0.3) is 0 Å². The Kier molecular flexibility index (Phi) is 3.04. The summed E-state index contributed by atoms with van der Waals surface area (Å²) in [5.74, 6) is 0.186. The van der Waals surface area contributed by atoms with Gasteiger partial charge in [0.15, 0.2) is 5.78 Å². The van der Waals surface area contributed by atoms with Crippen LogP contribution in [0.4, 0.5) is 0 Å². The molecule has 0 radical (unpaired) electrons. The molecule has 0 aromatic heterocycles. The predicted octanol–water partition coefficient (Wildman–Crippen LogP) is 3.35. The maximum atomic E-state index is 11.4. The Morgan fingerprint density at radius 3 is 2.75 bits per heavy atom. The van der Waals surface area contributed by atoms with E-state index in [2.05, 4.69) is 15.9 Å². The van der Waals surface area contributed by atoms with E-state index < -0.39 is 0 Å². The highest BCUT2D eigenvalue weighted by Crippen LogP contribution is 2.21. The molecule has 0 saturated carbocycles. The van der Waals surface area contributed by atoms with Crippen molar-refractivity contribution >= 4 is 21.7 Å². The largest absolute Gasteiger partial charge is 0.294 e. The number of aryl methyl sites for hydroxylation is 1. The van der Waals surface area contributed by atoms with Gasteiger partial charge >= 0.3 is 0 Å². The van der Waals surface area contributed by atoms with Crippen molar-refractivity contribution in [1.29, 1.82) is 0 Å². The minimum absolute atomic E-state index is 0.186. The number of ketones is 1. The summed E-state index contributed by atoms with van der Waals surface area (Å²) in [5.41, 5.74) is 1.90. The molecule has 0 bridgehead atoms. The molecule has 0 saturated heterocycles. The fourth-order valence-electron chi connectivity index (χ4n) is 1.05. The number of benzene rings is 1. The van der Waals surface area contributed by atoms with Crippen molar-refractivity contribution in [2.75, 3.05) is 0 Å². The molecule has 0 heterocycles. The van der Waals surface area contributed by atoms with Crippen LogP contribution in [0, 0.1) is 6.92 Å². The van der Waals surface area contributed by atoms with Crippen LogP contribution < -0.4 is 0 Å². The minimum Gasteiger partial charge on any atom is -0.294 e. The Hall–Kier alpha value is -0.630. The van der Waals surface area contributed by atoms with Gasteiger partial charge in [-0.05, 0) is 28.4 Å². The smallest absolute Gasteiger partial charge is 0.163 e. The maximum absolute atomic E-state index is 11.4. The van der Waals surface area contributed by atoms with E-state index in [9.17, 15) is 4.79 Å². The highest BCUT2D eigenvalue weighted by Gasteiger charge is 2.08. The molecule has 0 aliphatic rings. The average Bonchev–Trinajstić information content (AvgIpc) is 2.08. The first-order valence-corrected chi connectivity index (χ1v) is 4.74. The van der Waals surface area contributed by atoms with Gasteiger partial charge in [0.1, 0.15) is 0 Å². The van der Waals surface area contributed by atoms with E-state index in [-0.39, 0.29) is 5.78 Å². The molecule has 1 aromatic carbocycles. The second-order valence-electron chi connectivity index (χ2n) is 2.71. The standard InChI is InChI=1S/C10H11BrO/c1-3-9(12)8-6-4-5-7(2)10(8)11/h4-6H,3H2,1-2H3. The van der Waals surface area contributed by atoms with Crippen LogP contribution in [0.2, 0.25) is 0 Å². The lowest BCUT2D eigenvalue weighted by molar-refractivity contribution is 0.0987. The van der Waals surface area contributed by atoms with Crippen molar-refractivity contribution < 1.29 is 4.79 Å². The Morgan fingerprint density at radius 1 is 1.50 bits per heavy atom. The van der Waals surface area contributed by atoms with Gasteiger partial charge in [-0.1, -0.05) is 25.1 Å². The molecule has 12 heavy (non-hydrogen) atoms. The Bertz CT molecular complexity index is 305. The molecule has 2 heteroatoms. The number of halogens is 1. The van der Waals surface area contributed by atoms with Gasteiger partial charge in [-0.3, -0.25) is 4.79 Å². The van der Waals surface area contributed by atoms with E-state index in [0.29, 0.717) is 6.42 Å². The lowest BCUT2D eigenvalue weighted by atomic mass is 10.1. The zero-order chi connectivity index (χ0) is 9.14. The van der Waals surface area contributed by atoms with Crippen molar-refractivity contribution in [2.45, 2.75) is 20.3 Å². The van der Waals surface area contributed by atoms with Crippen molar-refractivity contribution in [3.63, 3.8) is 0 Å². The minimum atomic E-state index is 0.186. The van der Waals surface area contributed by atoms with Crippen LogP contribution in [0.25, 0.3) is 0 Å². The molecule has 0 aliphatic carbocycles. The molecule has 0 fully saturated rings. The van der Waals surface area contributed by atoms with E-state index in [1.807, 2.05) is 32.0 Å². The summed E-state index contributed by atoms with van der Waals surface area (Å²) >= 11 is 3.40. The molecule has 0 spiro atoms. The summed E-state index contributed by atoms with van der Waals surface area (Å²) in [6, 6.07) is 5.74. The molecule has 1 nitrogen and oxygen atoms in total. The van der Waals surface area contributed by atoms with Crippen LogP contribution >= 0.6 is 15.9 Å². The van der Waals surface area contributed by atoms with Crippen molar-refractivity contribution in [3.8, 4) is 0 Å². The third-order valence-corrected chi connectivity index (χ3v) is 2.87. The van der Waals surface area contributed by atoms with E-state index >= 15 is 0 Å². The number of rotatable bonds is 2. The molecule has 0 amide bonds. The second-order valence-corrected chi connectivity index (χ2v) is 3.51. The fourth-order valence-corrected chi connectivity index (χ4v) is 1.54. The van der Waals surface area contributed by atoms with Crippen LogP contribution in [0.3, 0.4) is 0 Å². The zero-order valence-corrected chi connectivity index (χ0v) is 8.81. The molecular formula is C10H11BrO. The molecule has 0 atom stereocenters. The fraction of sp³-hybridized carbons (Fsp3) is 0.300. The Labute approximate surface area is 80.9 Å². The first-order chi connectivity index (χ1) is 5.66. The molecule has 1 rings (SSSR count). The molecule has 64 valence electrons. The van der Waals surface area contributed by atoms with Crippen LogP contribution in [-0.2, 0) is 0 Å². The van der Waals surface area contributed by atoms with Gasteiger partial charge in [-0.15, -0.1) is 0 Å². The zero-order valence-electron chi connectivity index (χ0n) is 7.23. The van der Waals surface area contributed by atoms with Crippen LogP contribution in [0.1, 0.15) is 29.3 Å². The first-order valence-electron chi connectivity index (χ1n) is 3.95. The first kappa shape index (κ1) is 9.46. The topological polar surface area (TPSA) is 17.1 Å². The second kappa shape index (κ2) is 3.85. The van der Waals surface area contributed by atoms with Crippen molar-refractivity contribution in [3.05, 3.63) is 33.8 Å². The van der Waals surface area contributed by atoms with E-state index in [1.54, 1.807) is 0 Å². The van der Waals surface area contributed by atoms with E-state index in [0.717, 1.165) is 15.6 Å².